The van der Waals surface area contributed by atoms with Crippen LogP contribution in [-0.2, 0) is 0 Å². The standard InChI is InChI=1S/C17H32N2/c1-3-5-7-9-11-17(12-10-8-6-4-2)13-15-19(18)16-14-17/h13-16H,3-12,18H2,1-2H3. The lowest BCUT2D eigenvalue weighted by atomic mass is 9.77. The summed E-state index contributed by atoms with van der Waals surface area (Å²) in [7, 11) is 0. The van der Waals surface area contributed by atoms with E-state index < -0.39 is 0 Å². The zero-order valence-electron chi connectivity index (χ0n) is 12.9. The van der Waals surface area contributed by atoms with Crippen molar-refractivity contribution < 1.29 is 0 Å². The SMILES string of the molecule is CCCCCCC1(CCCCCC)C=CN(N)C=C1. The van der Waals surface area contributed by atoms with Gasteiger partial charge in [-0.3, -0.25) is 5.01 Å². The van der Waals surface area contributed by atoms with Crippen LogP contribution in [0.3, 0.4) is 0 Å². The molecule has 0 aromatic rings. The van der Waals surface area contributed by atoms with Crippen molar-refractivity contribution in [2.75, 3.05) is 0 Å². The van der Waals surface area contributed by atoms with Crippen molar-refractivity contribution in [1.82, 2.24) is 5.01 Å². The molecule has 0 unspecified atom stereocenters. The summed E-state index contributed by atoms with van der Waals surface area (Å²) in [4.78, 5) is 0. The molecule has 0 amide bonds. The van der Waals surface area contributed by atoms with Crippen LogP contribution in [0.1, 0.15) is 78.1 Å². The van der Waals surface area contributed by atoms with Crippen LogP contribution in [0.15, 0.2) is 24.6 Å². The van der Waals surface area contributed by atoms with Gasteiger partial charge in [0.25, 0.3) is 0 Å². The Morgan fingerprint density at radius 3 is 1.68 bits per heavy atom. The van der Waals surface area contributed by atoms with E-state index in [0.29, 0.717) is 0 Å². The summed E-state index contributed by atoms with van der Waals surface area (Å²) in [6.07, 6.45) is 22.0. The minimum Gasteiger partial charge on any atom is -0.295 e. The molecule has 0 atom stereocenters. The minimum atomic E-state index is 0.275. The zero-order chi connectivity index (χ0) is 14.0. The average Bonchev–Trinajstić information content (AvgIpc) is 2.43. The number of hydrogen-bond donors (Lipinski definition) is 1. The van der Waals surface area contributed by atoms with Gasteiger partial charge in [-0.2, -0.15) is 0 Å². The summed E-state index contributed by atoms with van der Waals surface area (Å²) < 4.78 is 0. The van der Waals surface area contributed by atoms with Gasteiger partial charge in [0, 0.05) is 17.8 Å². The molecule has 110 valence electrons. The average molecular weight is 264 g/mol. The van der Waals surface area contributed by atoms with Gasteiger partial charge in [0.1, 0.15) is 0 Å². The van der Waals surface area contributed by atoms with Crippen LogP contribution < -0.4 is 5.84 Å². The van der Waals surface area contributed by atoms with Crippen molar-refractivity contribution in [3.05, 3.63) is 24.6 Å². The summed E-state index contributed by atoms with van der Waals surface area (Å²) in [6.45, 7) is 4.54. The van der Waals surface area contributed by atoms with Gasteiger partial charge in [-0.1, -0.05) is 77.4 Å². The third-order valence-electron chi connectivity index (χ3n) is 4.15. The van der Waals surface area contributed by atoms with Crippen LogP contribution in [0, 0.1) is 5.41 Å². The largest absolute Gasteiger partial charge is 0.295 e. The van der Waals surface area contributed by atoms with E-state index in [1.165, 1.54) is 64.2 Å². The molecule has 2 heteroatoms. The highest BCUT2D eigenvalue weighted by molar-refractivity contribution is 5.15. The van der Waals surface area contributed by atoms with Crippen LogP contribution in [0.2, 0.25) is 0 Å². The van der Waals surface area contributed by atoms with E-state index in [2.05, 4.69) is 26.0 Å². The van der Waals surface area contributed by atoms with E-state index in [0.717, 1.165) is 0 Å². The molecule has 0 saturated carbocycles. The van der Waals surface area contributed by atoms with Gasteiger partial charge in [-0.25, -0.2) is 5.84 Å². The number of rotatable bonds is 10. The molecule has 1 aliphatic heterocycles. The van der Waals surface area contributed by atoms with Gasteiger partial charge < -0.3 is 0 Å². The van der Waals surface area contributed by atoms with Crippen LogP contribution in [0.25, 0.3) is 0 Å². The highest BCUT2D eigenvalue weighted by atomic mass is 15.4. The van der Waals surface area contributed by atoms with E-state index in [9.17, 15) is 0 Å². The second-order valence-electron chi connectivity index (χ2n) is 5.93. The second kappa shape index (κ2) is 9.19. The van der Waals surface area contributed by atoms with Gasteiger partial charge in [0.15, 0.2) is 0 Å². The Balaban J connectivity index is 2.43. The minimum absolute atomic E-state index is 0.275. The fraction of sp³-hybridized carbons (Fsp3) is 0.765. The van der Waals surface area contributed by atoms with Crippen molar-refractivity contribution in [1.29, 1.82) is 0 Å². The maximum Gasteiger partial charge on any atom is 0.0175 e. The second-order valence-corrected chi connectivity index (χ2v) is 5.93. The lowest BCUT2D eigenvalue weighted by molar-refractivity contribution is 0.350. The monoisotopic (exact) mass is 264 g/mol. The van der Waals surface area contributed by atoms with Crippen molar-refractivity contribution in [3.63, 3.8) is 0 Å². The topological polar surface area (TPSA) is 29.3 Å². The molecule has 1 rings (SSSR count). The predicted octanol–water partition coefficient (Wildman–Crippen LogP) is 5.13. The third-order valence-corrected chi connectivity index (χ3v) is 4.15. The number of hydrazine groups is 1. The Hall–Kier alpha value is -0.760. The molecule has 0 bridgehead atoms. The Bertz CT molecular complexity index is 253. The first-order valence-electron chi connectivity index (χ1n) is 8.14. The number of hydrogen-bond acceptors (Lipinski definition) is 2. The van der Waals surface area contributed by atoms with Crippen molar-refractivity contribution in [3.8, 4) is 0 Å². The first-order chi connectivity index (χ1) is 9.22. The Kier molecular flexibility index (Phi) is 7.88. The van der Waals surface area contributed by atoms with Crippen LogP contribution in [-0.4, -0.2) is 5.01 Å². The molecule has 0 fully saturated rings. The molecular weight excluding hydrogens is 232 g/mol. The van der Waals surface area contributed by atoms with Gasteiger partial charge in [0.05, 0.1) is 0 Å². The molecule has 0 aromatic carbocycles. The number of nitrogens with zero attached hydrogens (tertiary/aromatic N) is 1. The van der Waals surface area contributed by atoms with E-state index in [-0.39, 0.29) is 5.41 Å². The van der Waals surface area contributed by atoms with Crippen LogP contribution in [0.4, 0.5) is 0 Å². The molecule has 0 aromatic heterocycles. The van der Waals surface area contributed by atoms with Gasteiger partial charge in [-0.15, -0.1) is 0 Å². The lowest BCUT2D eigenvalue weighted by Crippen LogP contribution is -2.26. The Morgan fingerprint density at radius 1 is 0.789 bits per heavy atom. The predicted molar refractivity (Wildman–Crippen MR) is 84.3 cm³/mol. The lowest BCUT2D eigenvalue weighted by Gasteiger charge is -2.31. The normalized spacial score (nSPS) is 17.1. The molecule has 1 heterocycles. The molecule has 0 aliphatic carbocycles. The third kappa shape index (κ3) is 6.29. The highest BCUT2D eigenvalue weighted by Crippen LogP contribution is 2.36. The van der Waals surface area contributed by atoms with Gasteiger partial charge >= 0.3 is 0 Å². The highest BCUT2D eigenvalue weighted by Gasteiger charge is 2.25. The Morgan fingerprint density at radius 2 is 1.26 bits per heavy atom. The zero-order valence-corrected chi connectivity index (χ0v) is 12.9. The smallest absolute Gasteiger partial charge is 0.0175 e. The molecule has 2 N–H and O–H groups in total. The maximum atomic E-state index is 5.77. The van der Waals surface area contributed by atoms with Crippen molar-refractivity contribution in [2.45, 2.75) is 78.1 Å². The van der Waals surface area contributed by atoms with E-state index >= 15 is 0 Å². The maximum absolute atomic E-state index is 5.77. The van der Waals surface area contributed by atoms with E-state index in [4.69, 9.17) is 5.84 Å². The van der Waals surface area contributed by atoms with E-state index in [1.807, 2.05) is 12.4 Å². The molecule has 0 radical (unpaired) electrons. The summed E-state index contributed by atoms with van der Waals surface area (Å²) in [5, 5.41) is 1.66. The van der Waals surface area contributed by atoms with Gasteiger partial charge in [-0.05, 0) is 12.8 Å². The summed E-state index contributed by atoms with van der Waals surface area (Å²) in [5.74, 6) is 5.77. The van der Waals surface area contributed by atoms with Gasteiger partial charge in [0.2, 0.25) is 0 Å². The molecule has 2 nitrogen and oxygen atoms in total. The van der Waals surface area contributed by atoms with Crippen LogP contribution >= 0.6 is 0 Å². The quantitative estimate of drug-likeness (QED) is 0.438. The van der Waals surface area contributed by atoms with Crippen molar-refractivity contribution >= 4 is 0 Å². The molecule has 0 saturated heterocycles. The summed E-state index contributed by atoms with van der Waals surface area (Å²) >= 11 is 0. The first-order valence-corrected chi connectivity index (χ1v) is 8.14. The molecular formula is C17H32N2. The first kappa shape index (κ1) is 16.3. The Labute approximate surface area is 119 Å². The fourth-order valence-electron chi connectivity index (χ4n) is 2.79. The van der Waals surface area contributed by atoms with Crippen LogP contribution in [0.5, 0.6) is 0 Å². The van der Waals surface area contributed by atoms with E-state index in [1.54, 1.807) is 5.01 Å². The summed E-state index contributed by atoms with van der Waals surface area (Å²) in [6, 6.07) is 0. The number of nitrogens with two attached hydrogens (primary N) is 1. The fourth-order valence-corrected chi connectivity index (χ4v) is 2.79. The molecule has 0 spiro atoms. The molecule has 19 heavy (non-hydrogen) atoms. The molecule has 1 aliphatic rings. The number of allylic oxidation sites excluding steroid dienone is 2. The number of unbranched alkanes of at least 4 members (excludes halogenated alkanes) is 6. The summed E-state index contributed by atoms with van der Waals surface area (Å²) in [5.41, 5.74) is 0.275. The van der Waals surface area contributed by atoms with Crippen molar-refractivity contribution in [2.24, 2.45) is 11.3 Å².